The first-order valence-corrected chi connectivity index (χ1v) is 3.58. The lowest BCUT2D eigenvalue weighted by atomic mass is 10.2. The fourth-order valence-electron chi connectivity index (χ4n) is 0.611. The zero-order valence-corrected chi connectivity index (χ0v) is 7.14. The Morgan fingerprint density at radius 3 is 2.60 bits per heavy atom. The molecule has 0 spiro atoms. The van der Waals surface area contributed by atoms with Crippen molar-refractivity contribution in [2.45, 2.75) is 6.92 Å². The van der Waals surface area contributed by atoms with Crippen molar-refractivity contribution < 1.29 is 0 Å². The molecule has 1 aromatic heterocycles. The number of hydrogen-bond donors (Lipinski definition) is 2. The molecule has 1 aromatic rings. The van der Waals surface area contributed by atoms with Gasteiger partial charge in [-0.05, 0) is 28.4 Å². The van der Waals surface area contributed by atoms with Crippen LogP contribution in [-0.2, 0) is 0 Å². The van der Waals surface area contributed by atoms with E-state index < -0.39 is 0 Å². The van der Waals surface area contributed by atoms with Crippen LogP contribution in [-0.4, -0.2) is 4.98 Å². The van der Waals surface area contributed by atoms with Gasteiger partial charge in [0.05, 0.1) is 16.4 Å². The lowest BCUT2D eigenvalue weighted by Gasteiger charge is -2.02. The zero-order valence-electron chi connectivity index (χ0n) is 5.56. The lowest BCUT2D eigenvalue weighted by molar-refractivity contribution is 1.28. The van der Waals surface area contributed by atoms with Crippen molar-refractivity contribution in [2.75, 3.05) is 11.5 Å². The normalized spacial score (nSPS) is 9.80. The first kappa shape index (κ1) is 7.34. The Balaban J connectivity index is 3.34. The number of aromatic nitrogens is 1. The maximum absolute atomic E-state index is 5.54. The molecule has 0 bridgehead atoms. The van der Waals surface area contributed by atoms with Crippen LogP contribution in [0, 0.1) is 6.92 Å². The van der Waals surface area contributed by atoms with Gasteiger partial charge in [-0.1, -0.05) is 0 Å². The highest BCUT2D eigenvalue weighted by atomic mass is 79.9. The van der Waals surface area contributed by atoms with Gasteiger partial charge in [0.25, 0.3) is 0 Å². The van der Waals surface area contributed by atoms with E-state index in [9.17, 15) is 0 Å². The molecule has 4 heteroatoms. The van der Waals surface area contributed by atoms with Gasteiger partial charge in [0.2, 0.25) is 0 Å². The van der Waals surface area contributed by atoms with Gasteiger partial charge in [-0.25, -0.2) is 4.98 Å². The first-order valence-electron chi connectivity index (χ1n) is 2.79. The number of anilines is 2. The fourth-order valence-corrected chi connectivity index (χ4v) is 0.943. The third kappa shape index (κ3) is 1.07. The molecule has 0 aromatic carbocycles. The van der Waals surface area contributed by atoms with E-state index in [0.29, 0.717) is 11.5 Å². The Bertz CT molecular complexity index is 232. The highest BCUT2D eigenvalue weighted by Gasteiger charge is 2.02. The van der Waals surface area contributed by atoms with Crippen molar-refractivity contribution in [3.63, 3.8) is 0 Å². The number of nitrogens with two attached hydrogens (primary N) is 2. The predicted octanol–water partition coefficient (Wildman–Crippen LogP) is 1.32. The number of hydrogen-bond acceptors (Lipinski definition) is 3. The van der Waals surface area contributed by atoms with E-state index in [1.54, 1.807) is 6.20 Å². The van der Waals surface area contributed by atoms with Crippen molar-refractivity contribution in [2.24, 2.45) is 0 Å². The smallest absolute Gasteiger partial charge is 0.138 e. The van der Waals surface area contributed by atoms with Gasteiger partial charge in [0.15, 0.2) is 0 Å². The second-order valence-corrected chi connectivity index (χ2v) is 2.83. The molecular weight excluding hydrogens is 194 g/mol. The molecule has 0 aliphatic rings. The second-order valence-electron chi connectivity index (χ2n) is 2.04. The van der Waals surface area contributed by atoms with Crippen LogP contribution in [0.1, 0.15) is 5.56 Å². The Labute approximate surface area is 67.6 Å². The molecule has 0 aliphatic heterocycles. The van der Waals surface area contributed by atoms with E-state index in [2.05, 4.69) is 20.9 Å². The van der Waals surface area contributed by atoms with Crippen molar-refractivity contribution in [3.05, 3.63) is 16.2 Å². The van der Waals surface area contributed by atoms with E-state index in [1.807, 2.05) is 6.92 Å². The monoisotopic (exact) mass is 201 g/mol. The third-order valence-electron chi connectivity index (χ3n) is 1.33. The number of halogens is 1. The Morgan fingerprint density at radius 2 is 2.10 bits per heavy atom. The molecule has 1 rings (SSSR count). The molecule has 0 amide bonds. The highest BCUT2D eigenvalue weighted by Crippen LogP contribution is 2.24. The molecular formula is C6H8BrN3. The zero-order chi connectivity index (χ0) is 7.72. The van der Waals surface area contributed by atoms with Gasteiger partial charge in [-0.15, -0.1) is 0 Å². The van der Waals surface area contributed by atoms with Gasteiger partial charge in [0.1, 0.15) is 5.82 Å². The summed E-state index contributed by atoms with van der Waals surface area (Å²) < 4.78 is 0.785. The molecule has 0 fully saturated rings. The summed E-state index contributed by atoms with van der Waals surface area (Å²) in [5.74, 6) is 0.478. The summed E-state index contributed by atoms with van der Waals surface area (Å²) in [5, 5.41) is 0. The van der Waals surface area contributed by atoms with E-state index in [-0.39, 0.29) is 0 Å². The van der Waals surface area contributed by atoms with Crippen LogP contribution >= 0.6 is 15.9 Å². The first-order chi connectivity index (χ1) is 4.63. The second kappa shape index (κ2) is 2.46. The van der Waals surface area contributed by atoms with Gasteiger partial charge < -0.3 is 11.5 Å². The molecule has 0 saturated carbocycles. The molecule has 3 nitrogen and oxygen atoms in total. The minimum absolute atomic E-state index is 0.478. The average molecular weight is 202 g/mol. The van der Waals surface area contributed by atoms with Gasteiger partial charge in [0, 0.05) is 0 Å². The van der Waals surface area contributed by atoms with Crippen molar-refractivity contribution in [1.29, 1.82) is 0 Å². The molecule has 0 aliphatic carbocycles. The largest absolute Gasteiger partial charge is 0.397 e. The molecule has 0 atom stereocenters. The number of nitrogens with zero attached hydrogens (tertiary/aromatic N) is 1. The molecule has 10 heavy (non-hydrogen) atoms. The molecule has 1 heterocycles. The summed E-state index contributed by atoms with van der Waals surface area (Å²) in [6, 6.07) is 0. The van der Waals surface area contributed by atoms with Crippen molar-refractivity contribution in [3.8, 4) is 0 Å². The molecule has 0 radical (unpaired) electrons. The maximum atomic E-state index is 5.54. The summed E-state index contributed by atoms with van der Waals surface area (Å²) in [6.45, 7) is 1.89. The van der Waals surface area contributed by atoms with Crippen molar-refractivity contribution in [1.82, 2.24) is 4.98 Å². The van der Waals surface area contributed by atoms with Crippen LogP contribution < -0.4 is 11.5 Å². The highest BCUT2D eigenvalue weighted by molar-refractivity contribution is 9.10. The van der Waals surface area contributed by atoms with Crippen LogP contribution in [0.3, 0.4) is 0 Å². The summed E-state index contributed by atoms with van der Waals surface area (Å²) in [5.41, 5.74) is 12.6. The topological polar surface area (TPSA) is 64.9 Å². The fraction of sp³-hybridized carbons (Fsp3) is 0.167. The van der Waals surface area contributed by atoms with Crippen LogP contribution in [0.15, 0.2) is 10.7 Å². The summed E-state index contributed by atoms with van der Waals surface area (Å²) in [4.78, 5) is 3.84. The van der Waals surface area contributed by atoms with Crippen LogP contribution in [0.4, 0.5) is 11.5 Å². The van der Waals surface area contributed by atoms with Crippen LogP contribution in [0.5, 0.6) is 0 Å². The Morgan fingerprint density at radius 1 is 1.50 bits per heavy atom. The number of pyridine rings is 1. The van der Waals surface area contributed by atoms with Gasteiger partial charge in [-0.3, -0.25) is 0 Å². The summed E-state index contributed by atoms with van der Waals surface area (Å²) in [6.07, 6.45) is 1.55. The Kier molecular flexibility index (Phi) is 1.80. The van der Waals surface area contributed by atoms with Gasteiger partial charge >= 0.3 is 0 Å². The molecule has 0 unspecified atom stereocenters. The van der Waals surface area contributed by atoms with Crippen LogP contribution in [0.2, 0.25) is 0 Å². The van der Waals surface area contributed by atoms with Gasteiger partial charge in [-0.2, -0.15) is 0 Å². The molecule has 0 saturated heterocycles. The van der Waals surface area contributed by atoms with Crippen LogP contribution in [0.25, 0.3) is 0 Å². The maximum Gasteiger partial charge on any atom is 0.138 e. The lowest BCUT2D eigenvalue weighted by Crippen LogP contribution is -1.97. The average Bonchev–Trinajstić information content (AvgIpc) is 1.93. The quantitative estimate of drug-likeness (QED) is 0.666. The predicted molar refractivity (Wildman–Crippen MR) is 45.5 cm³/mol. The van der Waals surface area contributed by atoms with Crippen molar-refractivity contribution >= 4 is 27.4 Å². The summed E-state index contributed by atoms with van der Waals surface area (Å²) >= 11 is 3.26. The third-order valence-corrected chi connectivity index (χ3v) is 2.33. The van der Waals surface area contributed by atoms with E-state index >= 15 is 0 Å². The Hall–Kier alpha value is -0.770. The number of rotatable bonds is 0. The minimum atomic E-state index is 0.478. The SMILES string of the molecule is Cc1c(N)cnc(N)c1Br. The minimum Gasteiger partial charge on any atom is -0.397 e. The van der Waals surface area contributed by atoms with E-state index in [1.165, 1.54) is 0 Å². The van der Waals surface area contributed by atoms with E-state index in [4.69, 9.17) is 11.5 Å². The number of nitrogen functional groups attached to an aromatic ring is 2. The standard InChI is InChI=1S/C6H8BrN3/c1-3-4(8)2-10-6(9)5(3)7/h2H,8H2,1H3,(H2,9,10). The van der Waals surface area contributed by atoms with E-state index in [0.717, 1.165) is 10.0 Å². The summed E-state index contributed by atoms with van der Waals surface area (Å²) in [7, 11) is 0. The molecule has 54 valence electrons. The molecule has 4 N–H and O–H groups in total.